The summed E-state index contributed by atoms with van der Waals surface area (Å²) in [4.78, 5) is 0.356. The molecule has 4 heteroatoms. The van der Waals surface area contributed by atoms with Gasteiger partial charge in [0.2, 0.25) is 0 Å². The molecule has 0 fully saturated rings. The van der Waals surface area contributed by atoms with Gasteiger partial charge in [0.15, 0.2) is 0 Å². The molecule has 1 unspecified atom stereocenters. The maximum atomic E-state index is 10.9. The Morgan fingerprint density at radius 1 is 1.55 bits per heavy atom. The minimum Gasteiger partial charge on any atom is -0.749 e. The standard InChI is InChI=1S/C7H7NOS.Pd/c1-10(8,9)7-5-3-2-4-6-7;/h2-5H,1H3;/q-2;+2. The van der Waals surface area contributed by atoms with Gasteiger partial charge in [-0.2, -0.15) is 30.3 Å². The number of nitrogens with zero attached hydrogens (tertiary/aromatic N) is 1. The molecule has 0 heterocycles. The van der Waals surface area contributed by atoms with Crippen LogP contribution in [0.1, 0.15) is 0 Å². The molecule has 0 aromatic heterocycles. The summed E-state index contributed by atoms with van der Waals surface area (Å²) in [6.07, 6.45) is 1.28. The van der Waals surface area contributed by atoms with Gasteiger partial charge in [0.1, 0.15) is 0 Å². The summed E-state index contributed by atoms with van der Waals surface area (Å²) in [5.74, 6) is 0. The molecular weight excluding hydrogens is 253 g/mol. The van der Waals surface area contributed by atoms with Gasteiger partial charge in [-0.15, -0.1) is 14.6 Å². The first-order valence-electron chi connectivity index (χ1n) is 2.79. The van der Waals surface area contributed by atoms with Crippen LogP contribution < -0.4 is 0 Å². The zero-order valence-electron chi connectivity index (χ0n) is 5.89. The van der Waals surface area contributed by atoms with Gasteiger partial charge in [-0.05, 0) is 6.26 Å². The van der Waals surface area contributed by atoms with Crippen LogP contribution >= 0.6 is 0 Å². The Hall–Kier alpha value is -0.168. The fraction of sp³-hybridized carbons (Fsp3) is 0.143. The van der Waals surface area contributed by atoms with Gasteiger partial charge < -0.3 is 4.78 Å². The molecule has 0 bridgehead atoms. The van der Waals surface area contributed by atoms with Crippen LogP contribution in [0.25, 0.3) is 4.78 Å². The van der Waals surface area contributed by atoms with Crippen molar-refractivity contribution in [2.75, 3.05) is 6.26 Å². The van der Waals surface area contributed by atoms with Crippen molar-refractivity contribution in [2.24, 2.45) is 0 Å². The molecule has 1 aromatic rings. The van der Waals surface area contributed by atoms with Crippen LogP contribution in [-0.4, -0.2) is 10.5 Å². The molecule has 0 aliphatic rings. The van der Waals surface area contributed by atoms with Crippen molar-refractivity contribution in [2.45, 2.75) is 4.90 Å². The predicted octanol–water partition coefficient (Wildman–Crippen LogP) is 1.51. The average molecular weight is 260 g/mol. The molecular formula is C7H7NOPdS. The molecule has 0 N–H and O–H groups in total. The minimum absolute atomic E-state index is 0. The van der Waals surface area contributed by atoms with Gasteiger partial charge in [0, 0.05) is 0 Å². The maximum absolute atomic E-state index is 10.9. The third-order valence-corrected chi connectivity index (χ3v) is 2.16. The summed E-state index contributed by atoms with van der Waals surface area (Å²) >= 11 is 0. The van der Waals surface area contributed by atoms with Crippen LogP contribution in [0.4, 0.5) is 0 Å². The summed E-state index contributed by atoms with van der Waals surface area (Å²) in [6, 6.07) is 9.36. The van der Waals surface area contributed by atoms with Crippen LogP contribution in [0, 0.1) is 6.07 Å². The van der Waals surface area contributed by atoms with Gasteiger partial charge in [0.25, 0.3) is 0 Å². The normalized spacial score (nSPS) is 14.6. The van der Waals surface area contributed by atoms with Crippen LogP contribution in [0.3, 0.4) is 0 Å². The molecule has 1 aromatic carbocycles. The monoisotopic (exact) mass is 259 g/mol. The Morgan fingerprint density at radius 2 is 2.18 bits per heavy atom. The van der Waals surface area contributed by atoms with E-state index in [4.69, 9.17) is 4.78 Å². The molecule has 0 aliphatic heterocycles. The van der Waals surface area contributed by atoms with E-state index < -0.39 is 9.73 Å². The summed E-state index contributed by atoms with van der Waals surface area (Å²) in [7, 11) is -2.81. The third-order valence-electron chi connectivity index (χ3n) is 1.09. The van der Waals surface area contributed by atoms with Crippen molar-refractivity contribution < 1.29 is 24.6 Å². The largest absolute Gasteiger partial charge is 2.00 e. The van der Waals surface area contributed by atoms with Crippen molar-refractivity contribution in [3.8, 4) is 0 Å². The van der Waals surface area contributed by atoms with Crippen LogP contribution in [0.15, 0.2) is 29.2 Å². The first kappa shape index (κ1) is 10.8. The topological polar surface area (TPSA) is 39.4 Å². The molecule has 0 spiro atoms. The van der Waals surface area contributed by atoms with Crippen molar-refractivity contribution in [1.29, 1.82) is 0 Å². The molecule has 2 nitrogen and oxygen atoms in total. The summed E-state index contributed by atoms with van der Waals surface area (Å²) < 4.78 is 19.9. The van der Waals surface area contributed by atoms with E-state index in [-0.39, 0.29) is 20.4 Å². The van der Waals surface area contributed by atoms with E-state index in [1.807, 2.05) is 0 Å². The Balaban J connectivity index is 0.000001000. The van der Waals surface area contributed by atoms with Crippen LogP contribution in [0.2, 0.25) is 0 Å². The van der Waals surface area contributed by atoms with Crippen molar-refractivity contribution in [3.05, 3.63) is 35.1 Å². The quantitative estimate of drug-likeness (QED) is 0.557. The zero-order valence-corrected chi connectivity index (χ0v) is 8.26. The van der Waals surface area contributed by atoms with Gasteiger partial charge >= 0.3 is 20.4 Å². The first-order chi connectivity index (χ1) is 4.61. The second-order valence-electron chi connectivity index (χ2n) is 2.03. The van der Waals surface area contributed by atoms with E-state index in [0.717, 1.165) is 0 Å². The predicted molar refractivity (Wildman–Crippen MR) is 41.0 cm³/mol. The maximum Gasteiger partial charge on any atom is 2.00 e. The fourth-order valence-corrected chi connectivity index (χ4v) is 1.23. The molecule has 11 heavy (non-hydrogen) atoms. The summed E-state index contributed by atoms with van der Waals surface area (Å²) in [6.45, 7) is 0. The Bertz CT molecular complexity index is 306. The molecule has 0 saturated carbocycles. The minimum atomic E-state index is -2.81. The average Bonchev–Trinajstić information content (AvgIpc) is 1.88. The SMILES string of the molecule is CS(=[N-])(=O)c1[c-]cccc1.[Pd+2]. The number of benzene rings is 1. The van der Waals surface area contributed by atoms with Crippen molar-refractivity contribution >= 4 is 9.73 Å². The Labute approximate surface area is 80.6 Å². The van der Waals surface area contributed by atoms with Crippen molar-refractivity contribution in [1.82, 2.24) is 0 Å². The van der Waals surface area contributed by atoms with E-state index >= 15 is 0 Å². The second kappa shape index (κ2) is 4.01. The molecule has 0 radical (unpaired) electrons. The molecule has 62 valence electrons. The van der Waals surface area contributed by atoms with Crippen molar-refractivity contribution in [3.63, 3.8) is 0 Å². The molecule has 0 saturated heterocycles. The van der Waals surface area contributed by atoms with Gasteiger partial charge in [0.05, 0.1) is 0 Å². The van der Waals surface area contributed by atoms with Gasteiger partial charge in [-0.3, -0.25) is 4.21 Å². The van der Waals surface area contributed by atoms with E-state index in [1.54, 1.807) is 24.3 Å². The third kappa shape index (κ3) is 3.15. The fourth-order valence-electron chi connectivity index (χ4n) is 0.612. The van der Waals surface area contributed by atoms with Crippen LogP contribution in [0.5, 0.6) is 0 Å². The Kier molecular flexibility index (Phi) is 3.95. The van der Waals surface area contributed by atoms with E-state index in [2.05, 4.69) is 6.07 Å². The second-order valence-corrected chi connectivity index (χ2v) is 4.07. The zero-order chi connectivity index (χ0) is 7.61. The van der Waals surface area contributed by atoms with Gasteiger partial charge in [-0.1, -0.05) is 0 Å². The first-order valence-corrected chi connectivity index (χ1v) is 4.71. The van der Waals surface area contributed by atoms with Crippen LogP contribution in [-0.2, 0) is 30.2 Å². The molecule has 1 rings (SSSR count). The van der Waals surface area contributed by atoms with E-state index in [9.17, 15) is 4.21 Å². The smallest absolute Gasteiger partial charge is 0.749 e. The number of rotatable bonds is 1. The van der Waals surface area contributed by atoms with E-state index in [1.165, 1.54) is 6.26 Å². The molecule has 0 amide bonds. The Morgan fingerprint density at radius 3 is 2.45 bits per heavy atom. The number of hydrogen-bond donors (Lipinski definition) is 0. The summed E-state index contributed by atoms with van der Waals surface area (Å²) in [5.41, 5.74) is 0. The van der Waals surface area contributed by atoms with E-state index in [0.29, 0.717) is 4.90 Å². The molecule has 1 atom stereocenters. The number of hydrogen-bond acceptors (Lipinski definition) is 1. The van der Waals surface area contributed by atoms with Gasteiger partial charge in [-0.25, -0.2) is 0 Å². The summed E-state index contributed by atoms with van der Waals surface area (Å²) in [5, 5.41) is 0. The molecule has 0 aliphatic carbocycles.